The number of methoxy groups -OCH3 is 1. The summed E-state index contributed by atoms with van der Waals surface area (Å²) in [6.45, 7) is 11.0. The lowest BCUT2D eigenvalue weighted by atomic mass is 9.49. The molecular weight excluding hydrogens is 300 g/mol. The van der Waals surface area contributed by atoms with E-state index in [1.54, 1.807) is 7.11 Å². The quantitative estimate of drug-likeness (QED) is 0.837. The van der Waals surface area contributed by atoms with Gasteiger partial charge in [0.15, 0.2) is 11.5 Å². The highest BCUT2D eigenvalue weighted by Gasteiger charge is 2.55. The molecule has 3 atom stereocenters. The van der Waals surface area contributed by atoms with Gasteiger partial charge in [0.05, 0.1) is 13.2 Å². The summed E-state index contributed by atoms with van der Waals surface area (Å²) in [4.78, 5) is 0. The maximum absolute atomic E-state index is 11.1. The lowest BCUT2D eigenvalue weighted by Gasteiger charge is -2.56. The molecule has 3 unspecified atom stereocenters. The monoisotopic (exact) mass is 332 g/mol. The fourth-order valence-electron chi connectivity index (χ4n) is 5.82. The first-order valence-corrected chi connectivity index (χ1v) is 9.24. The van der Waals surface area contributed by atoms with Gasteiger partial charge < -0.3 is 14.9 Å². The summed E-state index contributed by atoms with van der Waals surface area (Å²) in [7, 11) is 1.63. The second-order valence-electron chi connectivity index (χ2n) is 9.05. The fraction of sp³-hybridized carbons (Fsp3) is 0.714. The summed E-state index contributed by atoms with van der Waals surface area (Å²) in [6.07, 6.45) is 3.52. The molecule has 0 saturated heterocycles. The first-order chi connectivity index (χ1) is 11.1. The summed E-state index contributed by atoms with van der Waals surface area (Å²) in [6, 6.07) is 2.16. The Morgan fingerprint density at radius 1 is 1.21 bits per heavy atom. The smallest absolute Gasteiger partial charge is 0.164 e. The van der Waals surface area contributed by atoms with E-state index in [1.165, 1.54) is 0 Å². The van der Waals surface area contributed by atoms with E-state index in [4.69, 9.17) is 4.74 Å². The first kappa shape index (κ1) is 17.6. The number of hydrogen-bond donors (Lipinski definition) is 2. The molecule has 1 aromatic carbocycles. The van der Waals surface area contributed by atoms with E-state index in [1.807, 2.05) is 0 Å². The van der Waals surface area contributed by atoms with Crippen LogP contribution in [0, 0.1) is 11.3 Å². The molecule has 0 amide bonds. The highest BCUT2D eigenvalue weighted by molar-refractivity contribution is 5.60. The molecule has 0 aromatic heterocycles. The number of aliphatic hydroxyl groups excluding tert-OH is 1. The van der Waals surface area contributed by atoms with Gasteiger partial charge in [-0.3, -0.25) is 0 Å². The largest absolute Gasteiger partial charge is 0.504 e. The molecule has 24 heavy (non-hydrogen) atoms. The van der Waals surface area contributed by atoms with Crippen LogP contribution >= 0.6 is 0 Å². The Morgan fingerprint density at radius 3 is 2.46 bits per heavy atom. The van der Waals surface area contributed by atoms with Crippen molar-refractivity contribution in [3.63, 3.8) is 0 Å². The van der Waals surface area contributed by atoms with Crippen LogP contribution in [0.3, 0.4) is 0 Å². The van der Waals surface area contributed by atoms with Crippen molar-refractivity contribution < 1.29 is 14.9 Å². The summed E-state index contributed by atoms with van der Waals surface area (Å²) >= 11 is 0. The summed E-state index contributed by atoms with van der Waals surface area (Å²) in [5, 5.41) is 22.1. The Balaban J connectivity index is 2.27. The van der Waals surface area contributed by atoms with Crippen molar-refractivity contribution in [2.75, 3.05) is 7.11 Å². The molecule has 2 aliphatic carbocycles. The second kappa shape index (κ2) is 5.66. The molecule has 1 fully saturated rings. The molecular formula is C21H32O3. The standard InChI is InChI=1S/C21H32O3/c1-12(2)14-10-13-11-15(22)19-20(3,4)8-7-9-21(19,5)16(13)17(23)18(14)24-6/h10,12,15,19,22-23H,7-9,11H2,1-6H3. The molecule has 3 rings (SSSR count). The van der Waals surface area contributed by atoms with Gasteiger partial charge in [0.1, 0.15) is 0 Å². The van der Waals surface area contributed by atoms with Crippen LogP contribution < -0.4 is 4.74 Å². The predicted molar refractivity (Wildman–Crippen MR) is 96.9 cm³/mol. The summed E-state index contributed by atoms with van der Waals surface area (Å²) < 4.78 is 5.59. The molecule has 3 heteroatoms. The lowest BCUT2D eigenvalue weighted by Crippen LogP contribution is -2.54. The Bertz CT molecular complexity index is 647. The number of rotatable bonds is 2. The third kappa shape index (κ3) is 2.35. The normalized spacial score (nSPS) is 31.5. The molecule has 134 valence electrons. The average molecular weight is 332 g/mol. The van der Waals surface area contributed by atoms with Crippen molar-refractivity contribution in [3.8, 4) is 11.5 Å². The topological polar surface area (TPSA) is 49.7 Å². The third-order valence-electron chi connectivity index (χ3n) is 6.62. The van der Waals surface area contributed by atoms with Gasteiger partial charge in [-0.2, -0.15) is 0 Å². The number of phenols is 1. The molecule has 2 aliphatic rings. The van der Waals surface area contributed by atoms with Crippen molar-refractivity contribution in [3.05, 3.63) is 22.8 Å². The van der Waals surface area contributed by atoms with Crippen LogP contribution in [0.1, 0.15) is 76.5 Å². The predicted octanol–water partition coefficient (Wildman–Crippen LogP) is 4.53. The van der Waals surface area contributed by atoms with Crippen LogP contribution in [0.2, 0.25) is 0 Å². The third-order valence-corrected chi connectivity index (χ3v) is 6.62. The number of aliphatic hydroxyl groups is 1. The van der Waals surface area contributed by atoms with Gasteiger partial charge >= 0.3 is 0 Å². The number of phenolic OH excluding ortho intramolecular Hbond substituents is 1. The number of hydrogen-bond acceptors (Lipinski definition) is 3. The number of fused-ring (bicyclic) bond motifs is 3. The second-order valence-corrected chi connectivity index (χ2v) is 9.05. The lowest BCUT2D eigenvalue weighted by molar-refractivity contribution is -0.0543. The van der Waals surface area contributed by atoms with Crippen LogP contribution in [0.4, 0.5) is 0 Å². The molecule has 0 radical (unpaired) electrons. The van der Waals surface area contributed by atoms with Crippen LogP contribution in [-0.2, 0) is 11.8 Å². The average Bonchev–Trinajstić information content (AvgIpc) is 2.44. The van der Waals surface area contributed by atoms with Gasteiger partial charge in [-0.05, 0) is 42.1 Å². The Labute approximate surface area is 146 Å². The van der Waals surface area contributed by atoms with E-state index in [-0.39, 0.29) is 28.8 Å². The Morgan fingerprint density at radius 2 is 1.88 bits per heavy atom. The van der Waals surface area contributed by atoms with E-state index in [0.29, 0.717) is 17.9 Å². The summed E-state index contributed by atoms with van der Waals surface area (Å²) in [5.41, 5.74) is 3.01. The zero-order valence-corrected chi connectivity index (χ0v) is 15.9. The van der Waals surface area contributed by atoms with Gasteiger partial charge in [0.2, 0.25) is 0 Å². The van der Waals surface area contributed by atoms with E-state index in [9.17, 15) is 10.2 Å². The van der Waals surface area contributed by atoms with Gasteiger partial charge in [-0.25, -0.2) is 0 Å². The van der Waals surface area contributed by atoms with Crippen molar-refractivity contribution in [1.82, 2.24) is 0 Å². The molecule has 2 N–H and O–H groups in total. The SMILES string of the molecule is COc1c(C(C)C)cc2c(c1O)C1(C)CCCC(C)(C)C1C(O)C2. The maximum atomic E-state index is 11.1. The van der Waals surface area contributed by atoms with E-state index in [2.05, 4.69) is 40.7 Å². The van der Waals surface area contributed by atoms with Crippen LogP contribution in [0.25, 0.3) is 0 Å². The number of benzene rings is 1. The molecule has 3 nitrogen and oxygen atoms in total. The Kier molecular flexibility index (Phi) is 4.15. The minimum absolute atomic E-state index is 0.0699. The van der Waals surface area contributed by atoms with Crippen LogP contribution in [0.5, 0.6) is 11.5 Å². The van der Waals surface area contributed by atoms with Crippen molar-refractivity contribution in [2.45, 2.75) is 77.7 Å². The molecule has 0 aliphatic heterocycles. The van der Waals surface area contributed by atoms with Gasteiger partial charge in [0.25, 0.3) is 0 Å². The molecule has 0 heterocycles. The Hall–Kier alpha value is -1.22. The van der Waals surface area contributed by atoms with Crippen LogP contribution in [-0.4, -0.2) is 23.4 Å². The first-order valence-electron chi connectivity index (χ1n) is 9.24. The molecule has 1 aromatic rings. The highest BCUT2D eigenvalue weighted by atomic mass is 16.5. The van der Waals surface area contributed by atoms with E-state index >= 15 is 0 Å². The molecule has 0 spiro atoms. The highest BCUT2D eigenvalue weighted by Crippen LogP contribution is 2.60. The summed E-state index contributed by atoms with van der Waals surface area (Å²) in [5.74, 6) is 1.34. The van der Waals surface area contributed by atoms with Crippen LogP contribution in [0.15, 0.2) is 6.07 Å². The van der Waals surface area contributed by atoms with Gasteiger partial charge in [0, 0.05) is 16.5 Å². The number of aromatic hydroxyl groups is 1. The zero-order valence-electron chi connectivity index (χ0n) is 15.9. The van der Waals surface area contributed by atoms with Crippen molar-refractivity contribution in [2.24, 2.45) is 11.3 Å². The molecule has 0 bridgehead atoms. The maximum Gasteiger partial charge on any atom is 0.164 e. The zero-order chi connectivity index (χ0) is 17.9. The van der Waals surface area contributed by atoms with Crippen molar-refractivity contribution >= 4 is 0 Å². The van der Waals surface area contributed by atoms with E-state index in [0.717, 1.165) is 36.0 Å². The number of ether oxygens (including phenoxy) is 1. The van der Waals surface area contributed by atoms with Gasteiger partial charge in [-0.1, -0.05) is 47.1 Å². The minimum Gasteiger partial charge on any atom is -0.504 e. The fourth-order valence-corrected chi connectivity index (χ4v) is 5.82. The van der Waals surface area contributed by atoms with Crippen molar-refractivity contribution in [1.29, 1.82) is 0 Å². The van der Waals surface area contributed by atoms with Gasteiger partial charge in [-0.15, -0.1) is 0 Å². The minimum atomic E-state index is -0.356. The van der Waals surface area contributed by atoms with E-state index < -0.39 is 0 Å². The molecule has 1 saturated carbocycles.